The molecular formula is C17H24N4. The Morgan fingerprint density at radius 3 is 2.71 bits per heavy atom. The normalized spacial score (nSPS) is 17.2. The summed E-state index contributed by atoms with van der Waals surface area (Å²) < 4.78 is 1.95. The second kappa shape index (κ2) is 6.85. The Balaban J connectivity index is 1.73. The average molecular weight is 284 g/mol. The van der Waals surface area contributed by atoms with Gasteiger partial charge in [0.05, 0.1) is 23.6 Å². The lowest BCUT2D eigenvalue weighted by Gasteiger charge is -2.19. The van der Waals surface area contributed by atoms with Gasteiger partial charge in [-0.05, 0) is 37.9 Å². The Bertz CT molecular complexity index is 543. The Kier molecular flexibility index (Phi) is 4.65. The Hall–Kier alpha value is -1.68. The first kappa shape index (κ1) is 14.3. The van der Waals surface area contributed by atoms with E-state index in [1.165, 1.54) is 32.1 Å². The molecule has 1 aliphatic carbocycles. The van der Waals surface area contributed by atoms with Gasteiger partial charge in [0.2, 0.25) is 0 Å². The van der Waals surface area contributed by atoms with Crippen LogP contribution in [0.5, 0.6) is 0 Å². The van der Waals surface area contributed by atoms with Gasteiger partial charge >= 0.3 is 0 Å². The zero-order chi connectivity index (χ0) is 14.5. The highest BCUT2D eigenvalue weighted by molar-refractivity contribution is 5.32. The zero-order valence-corrected chi connectivity index (χ0v) is 12.7. The smallest absolute Gasteiger partial charge is 0.0815 e. The summed E-state index contributed by atoms with van der Waals surface area (Å²) in [6.45, 7) is 0. The van der Waals surface area contributed by atoms with E-state index in [1.54, 1.807) is 0 Å². The molecule has 3 rings (SSSR count). The summed E-state index contributed by atoms with van der Waals surface area (Å²) in [4.78, 5) is 0. The van der Waals surface area contributed by atoms with E-state index >= 15 is 0 Å². The first-order chi connectivity index (χ1) is 10.4. The van der Waals surface area contributed by atoms with Crippen LogP contribution in [-0.2, 0) is 0 Å². The fraction of sp³-hybridized carbons (Fsp3) is 0.529. The summed E-state index contributed by atoms with van der Waals surface area (Å²) in [7, 11) is 2.03. The molecule has 1 saturated carbocycles. The second-order valence-electron chi connectivity index (χ2n) is 5.98. The number of benzene rings is 1. The molecule has 0 aliphatic heterocycles. The van der Waals surface area contributed by atoms with Crippen molar-refractivity contribution in [3.8, 4) is 5.69 Å². The number of nitrogens with one attached hydrogen (secondary N) is 1. The van der Waals surface area contributed by atoms with Gasteiger partial charge in [0.25, 0.3) is 0 Å². The largest absolute Gasteiger partial charge is 0.312 e. The monoisotopic (exact) mass is 284 g/mol. The third-order valence-corrected chi connectivity index (χ3v) is 4.62. The number of nitrogens with zero attached hydrogens (tertiary/aromatic N) is 3. The molecule has 1 aromatic carbocycles. The van der Waals surface area contributed by atoms with Crippen molar-refractivity contribution in [2.75, 3.05) is 7.05 Å². The van der Waals surface area contributed by atoms with Crippen molar-refractivity contribution in [2.45, 2.75) is 44.6 Å². The molecule has 1 aliphatic rings. The summed E-state index contributed by atoms with van der Waals surface area (Å²) in [5, 5.41) is 11.8. The van der Waals surface area contributed by atoms with Gasteiger partial charge in [0, 0.05) is 0 Å². The minimum Gasteiger partial charge on any atom is -0.312 e. The van der Waals surface area contributed by atoms with Gasteiger partial charge in [-0.25, -0.2) is 4.68 Å². The van der Waals surface area contributed by atoms with Crippen LogP contribution in [0.1, 0.15) is 50.3 Å². The molecule has 0 saturated heterocycles. The molecule has 4 nitrogen and oxygen atoms in total. The van der Waals surface area contributed by atoms with Crippen LogP contribution in [0.15, 0.2) is 36.5 Å². The van der Waals surface area contributed by atoms with Crippen LogP contribution in [0.2, 0.25) is 0 Å². The van der Waals surface area contributed by atoms with Gasteiger partial charge in [0.15, 0.2) is 0 Å². The van der Waals surface area contributed by atoms with Crippen LogP contribution in [-0.4, -0.2) is 22.0 Å². The SMILES string of the molecule is CNC(CCC1CCCC1)c1cnnn1-c1ccccc1. The first-order valence-electron chi connectivity index (χ1n) is 8.02. The molecule has 4 heteroatoms. The molecule has 2 aromatic rings. The van der Waals surface area contributed by atoms with Crippen LogP contribution < -0.4 is 5.32 Å². The zero-order valence-electron chi connectivity index (χ0n) is 12.7. The maximum atomic E-state index is 4.26. The van der Waals surface area contributed by atoms with E-state index in [2.05, 4.69) is 27.8 Å². The van der Waals surface area contributed by atoms with Crippen LogP contribution >= 0.6 is 0 Å². The molecule has 0 bridgehead atoms. The van der Waals surface area contributed by atoms with E-state index in [0.717, 1.165) is 23.7 Å². The molecule has 1 N–H and O–H groups in total. The third-order valence-electron chi connectivity index (χ3n) is 4.62. The maximum Gasteiger partial charge on any atom is 0.0815 e. The minimum absolute atomic E-state index is 0.320. The summed E-state index contributed by atoms with van der Waals surface area (Å²) in [6, 6.07) is 10.6. The van der Waals surface area contributed by atoms with E-state index in [9.17, 15) is 0 Å². The minimum atomic E-state index is 0.320. The van der Waals surface area contributed by atoms with E-state index in [4.69, 9.17) is 0 Å². The van der Waals surface area contributed by atoms with Crippen molar-refractivity contribution < 1.29 is 0 Å². The molecule has 21 heavy (non-hydrogen) atoms. The summed E-state index contributed by atoms with van der Waals surface area (Å²) in [5.74, 6) is 0.918. The van der Waals surface area contributed by atoms with Gasteiger partial charge < -0.3 is 5.32 Å². The van der Waals surface area contributed by atoms with Crippen LogP contribution in [0.25, 0.3) is 5.69 Å². The molecular weight excluding hydrogens is 260 g/mol. The number of hydrogen-bond donors (Lipinski definition) is 1. The predicted octanol–water partition coefficient (Wildman–Crippen LogP) is 3.50. The average Bonchev–Trinajstić information content (AvgIpc) is 3.20. The van der Waals surface area contributed by atoms with Crippen molar-refractivity contribution in [3.63, 3.8) is 0 Å². The molecule has 1 atom stereocenters. The Morgan fingerprint density at radius 2 is 2.00 bits per heavy atom. The molecule has 1 fully saturated rings. The maximum absolute atomic E-state index is 4.26. The third kappa shape index (κ3) is 3.32. The van der Waals surface area contributed by atoms with Crippen LogP contribution in [0.4, 0.5) is 0 Å². The highest BCUT2D eigenvalue weighted by Gasteiger charge is 2.20. The summed E-state index contributed by atoms with van der Waals surface area (Å²) in [5.41, 5.74) is 2.23. The number of aromatic nitrogens is 3. The van der Waals surface area contributed by atoms with Gasteiger partial charge in [-0.1, -0.05) is 49.1 Å². The van der Waals surface area contributed by atoms with Gasteiger partial charge in [-0.3, -0.25) is 0 Å². The van der Waals surface area contributed by atoms with Gasteiger partial charge in [-0.15, -0.1) is 5.10 Å². The van der Waals surface area contributed by atoms with E-state index < -0.39 is 0 Å². The Morgan fingerprint density at radius 1 is 1.24 bits per heavy atom. The fourth-order valence-corrected chi connectivity index (χ4v) is 3.39. The molecule has 1 unspecified atom stereocenters. The first-order valence-corrected chi connectivity index (χ1v) is 8.02. The lowest BCUT2D eigenvalue weighted by atomic mass is 9.97. The van der Waals surface area contributed by atoms with E-state index in [0.29, 0.717) is 6.04 Å². The summed E-state index contributed by atoms with van der Waals surface area (Å²) in [6.07, 6.45) is 9.99. The van der Waals surface area contributed by atoms with Crippen molar-refractivity contribution in [1.29, 1.82) is 0 Å². The lowest BCUT2D eigenvalue weighted by molar-refractivity contribution is 0.418. The number of hydrogen-bond acceptors (Lipinski definition) is 3. The summed E-state index contributed by atoms with van der Waals surface area (Å²) >= 11 is 0. The molecule has 0 amide bonds. The highest BCUT2D eigenvalue weighted by Crippen LogP contribution is 2.31. The predicted molar refractivity (Wildman–Crippen MR) is 84.4 cm³/mol. The van der Waals surface area contributed by atoms with Crippen molar-refractivity contribution in [3.05, 3.63) is 42.2 Å². The van der Waals surface area contributed by atoms with Crippen LogP contribution in [0.3, 0.4) is 0 Å². The standard InChI is InChI=1S/C17H24N4/c1-18-16(12-11-14-7-5-6-8-14)17-13-19-20-21(17)15-9-3-2-4-10-15/h2-4,9-10,13-14,16,18H,5-8,11-12H2,1H3. The Labute approximate surface area is 126 Å². The van der Waals surface area contributed by atoms with Crippen molar-refractivity contribution >= 4 is 0 Å². The van der Waals surface area contributed by atoms with E-state index in [1.807, 2.05) is 36.1 Å². The molecule has 1 heterocycles. The van der Waals surface area contributed by atoms with Gasteiger partial charge in [-0.2, -0.15) is 0 Å². The molecule has 0 radical (unpaired) electrons. The number of para-hydroxylation sites is 1. The molecule has 1 aromatic heterocycles. The van der Waals surface area contributed by atoms with Crippen LogP contribution in [0, 0.1) is 5.92 Å². The topological polar surface area (TPSA) is 42.7 Å². The fourth-order valence-electron chi connectivity index (χ4n) is 3.39. The second-order valence-corrected chi connectivity index (χ2v) is 5.98. The van der Waals surface area contributed by atoms with Gasteiger partial charge in [0.1, 0.15) is 0 Å². The molecule has 112 valence electrons. The quantitative estimate of drug-likeness (QED) is 0.883. The number of rotatable bonds is 6. The highest BCUT2D eigenvalue weighted by atomic mass is 15.4. The van der Waals surface area contributed by atoms with E-state index in [-0.39, 0.29) is 0 Å². The lowest BCUT2D eigenvalue weighted by Crippen LogP contribution is -2.20. The van der Waals surface area contributed by atoms with Crippen molar-refractivity contribution in [1.82, 2.24) is 20.3 Å². The van der Waals surface area contributed by atoms with Crippen molar-refractivity contribution in [2.24, 2.45) is 5.92 Å². The molecule has 0 spiro atoms.